The van der Waals surface area contributed by atoms with Crippen molar-refractivity contribution in [2.75, 3.05) is 32.7 Å². The zero-order chi connectivity index (χ0) is 16.0. The molecule has 2 N–H and O–H groups in total. The first-order valence-corrected chi connectivity index (χ1v) is 9.41. The molecule has 1 aliphatic heterocycles. The van der Waals surface area contributed by atoms with Crippen molar-refractivity contribution in [2.45, 2.75) is 51.0 Å². The number of hydrogen-bond acceptors (Lipinski definition) is 2. The van der Waals surface area contributed by atoms with E-state index >= 15 is 0 Å². The van der Waals surface area contributed by atoms with E-state index < -0.39 is 0 Å². The van der Waals surface area contributed by atoms with Gasteiger partial charge in [-0.25, -0.2) is 0 Å². The molecule has 0 radical (unpaired) electrons. The van der Waals surface area contributed by atoms with Crippen LogP contribution in [0, 0.1) is 17.8 Å². The van der Waals surface area contributed by atoms with Crippen molar-refractivity contribution < 1.29 is 14.5 Å². The Labute approximate surface area is 138 Å². The quantitative estimate of drug-likeness (QED) is 0.758. The number of carbonyl (C=O) groups is 2. The van der Waals surface area contributed by atoms with Crippen LogP contribution >= 0.6 is 0 Å². The van der Waals surface area contributed by atoms with Crippen LogP contribution in [-0.4, -0.2) is 55.0 Å². The average Bonchev–Trinajstić information content (AvgIpc) is 2.45. The molecule has 128 valence electrons. The summed E-state index contributed by atoms with van der Waals surface area (Å²) in [4.78, 5) is 27.2. The average molecular weight is 320 g/mol. The zero-order valence-corrected chi connectivity index (χ0v) is 14.3. The van der Waals surface area contributed by atoms with Crippen LogP contribution in [0.4, 0.5) is 0 Å². The number of rotatable bonds is 3. The molecule has 4 aliphatic carbocycles. The Bertz CT molecular complexity index is 461. The summed E-state index contributed by atoms with van der Waals surface area (Å²) in [6.07, 6.45) is 7.89. The van der Waals surface area contributed by atoms with Crippen LogP contribution in [-0.2, 0) is 9.59 Å². The van der Waals surface area contributed by atoms with Crippen molar-refractivity contribution >= 4 is 11.8 Å². The van der Waals surface area contributed by atoms with E-state index in [9.17, 15) is 9.59 Å². The fourth-order valence-corrected chi connectivity index (χ4v) is 6.15. The van der Waals surface area contributed by atoms with Crippen LogP contribution < -0.4 is 10.2 Å². The van der Waals surface area contributed by atoms with E-state index in [1.807, 2.05) is 4.90 Å². The Balaban J connectivity index is 1.30. The van der Waals surface area contributed by atoms with Crippen LogP contribution in [0.3, 0.4) is 0 Å². The summed E-state index contributed by atoms with van der Waals surface area (Å²) in [5, 5.41) is 3.47. The highest BCUT2D eigenvalue weighted by Crippen LogP contribution is 2.55. The SMILES string of the molecule is CC(=O)N1CC[NH+](CC(=O)NC23CC4CC(CC(C4)C2)C3)CC1. The van der Waals surface area contributed by atoms with Crippen LogP contribution in [0.5, 0.6) is 0 Å². The number of carbonyl (C=O) groups excluding carboxylic acids is 2. The van der Waals surface area contributed by atoms with Gasteiger partial charge in [0.15, 0.2) is 6.54 Å². The first kappa shape index (κ1) is 15.4. The molecule has 0 aromatic rings. The van der Waals surface area contributed by atoms with E-state index in [4.69, 9.17) is 0 Å². The van der Waals surface area contributed by atoms with Gasteiger partial charge >= 0.3 is 0 Å². The largest absolute Gasteiger partial charge is 0.346 e. The fourth-order valence-electron chi connectivity index (χ4n) is 6.15. The molecule has 5 fully saturated rings. The molecule has 0 unspecified atom stereocenters. The van der Waals surface area contributed by atoms with Crippen molar-refractivity contribution in [3.8, 4) is 0 Å². The van der Waals surface area contributed by atoms with Crippen LogP contribution in [0.1, 0.15) is 45.4 Å². The Hall–Kier alpha value is -1.10. The van der Waals surface area contributed by atoms with Gasteiger partial charge in [0, 0.05) is 12.5 Å². The molecule has 5 heteroatoms. The molecular formula is C18H30N3O2+. The smallest absolute Gasteiger partial charge is 0.275 e. The molecule has 5 aliphatic rings. The number of amides is 2. The van der Waals surface area contributed by atoms with Gasteiger partial charge in [0.1, 0.15) is 0 Å². The number of piperazine rings is 1. The Morgan fingerprint density at radius 3 is 2.04 bits per heavy atom. The third-order valence-corrected chi connectivity index (χ3v) is 6.77. The lowest BCUT2D eigenvalue weighted by Crippen LogP contribution is -3.16. The van der Waals surface area contributed by atoms with Crippen molar-refractivity contribution in [1.82, 2.24) is 10.2 Å². The molecule has 5 rings (SSSR count). The molecule has 1 saturated heterocycles. The van der Waals surface area contributed by atoms with Crippen LogP contribution in [0.15, 0.2) is 0 Å². The molecule has 0 spiro atoms. The van der Waals surface area contributed by atoms with E-state index in [-0.39, 0.29) is 17.4 Å². The third-order valence-electron chi connectivity index (χ3n) is 6.77. The van der Waals surface area contributed by atoms with Crippen LogP contribution in [0.25, 0.3) is 0 Å². The van der Waals surface area contributed by atoms with E-state index in [2.05, 4.69) is 5.32 Å². The van der Waals surface area contributed by atoms with Gasteiger partial charge in [0.05, 0.1) is 26.2 Å². The summed E-state index contributed by atoms with van der Waals surface area (Å²) in [5.41, 5.74) is 0.131. The lowest BCUT2D eigenvalue weighted by Gasteiger charge is -2.56. The normalized spacial score (nSPS) is 39.5. The molecule has 2 amide bonds. The van der Waals surface area contributed by atoms with Crippen molar-refractivity contribution in [1.29, 1.82) is 0 Å². The van der Waals surface area contributed by atoms with Gasteiger partial charge in [0.25, 0.3) is 5.91 Å². The van der Waals surface area contributed by atoms with Gasteiger partial charge in [-0.05, 0) is 56.3 Å². The second kappa shape index (κ2) is 5.76. The summed E-state index contributed by atoms with van der Waals surface area (Å²) in [6, 6.07) is 0. The first-order chi connectivity index (χ1) is 11.0. The maximum absolute atomic E-state index is 12.6. The highest BCUT2D eigenvalue weighted by molar-refractivity contribution is 5.78. The van der Waals surface area contributed by atoms with E-state index in [0.717, 1.165) is 43.9 Å². The molecule has 4 saturated carbocycles. The molecule has 23 heavy (non-hydrogen) atoms. The standard InChI is InChI=1S/C18H29N3O2/c1-13(22)21-4-2-20(3-5-21)12-17(23)19-18-9-14-6-15(10-18)8-16(7-14)11-18/h14-16H,2-12H2,1H3,(H,19,23)/p+1. The third kappa shape index (κ3) is 3.12. The predicted octanol–water partition coefficient (Wildman–Crippen LogP) is -0.182. The molecule has 0 atom stereocenters. The highest BCUT2D eigenvalue weighted by Gasteiger charge is 2.51. The van der Waals surface area contributed by atoms with Crippen molar-refractivity contribution in [3.05, 3.63) is 0 Å². The molecule has 1 heterocycles. The number of hydrogen-bond donors (Lipinski definition) is 2. The monoisotopic (exact) mass is 320 g/mol. The summed E-state index contributed by atoms with van der Waals surface area (Å²) < 4.78 is 0. The molecular weight excluding hydrogens is 290 g/mol. The van der Waals surface area contributed by atoms with Gasteiger partial charge in [-0.1, -0.05) is 0 Å². The molecule has 5 nitrogen and oxygen atoms in total. The molecule has 0 aromatic heterocycles. The van der Waals surface area contributed by atoms with E-state index in [0.29, 0.717) is 6.54 Å². The summed E-state index contributed by atoms with van der Waals surface area (Å²) in [5.74, 6) is 2.99. The summed E-state index contributed by atoms with van der Waals surface area (Å²) in [7, 11) is 0. The second-order valence-electron chi connectivity index (χ2n) is 8.68. The van der Waals surface area contributed by atoms with Crippen molar-refractivity contribution in [3.63, 3.8) is 0 Å². The minimum Gasteiger partial charge on any atom is -0.346 e. The minimum absolute atomic E-state index is 0.131. The van der Waals surface area contributed by atoms with Gasteiger partial charge in [-0.2, -0.15) is 0 Å². The van der Waals surface area contributed by atoms with Gasteiger partial charge in [0.2, 0.25) is 5.91 Å². The molecule has 4 bridgehead atoms. The lowest BCUT2D eigenvalue weighted by atomic mass is 9.53. The summed E-state index contributed by atoms with van der Waals surface area (Å²) >= 11 is 0. The maximum atomic E-state index is 12.6. The number of nitrogens with zero attached hydrogens (tertiary/aromatic N) is 1. The van der Waals surface area contributed by atoms with Gasteiger partial charge in [-0.3, -0.25) is 9.59 Å². The van der Waals surface area contributed by atoms with E-state index in [1.54, 1.807) is 6.92 Å². The number of quaternary nitrogens is 1. The Kier molecular flexibility index (Phi) is 3.87. The topological polar surface area (TPSA) is 53.9 Å². The van der Waals surface area contributed by atoms with Gasteiger partial charge < -0.3 is 15.1 Å². The fraction of sp³-hybridized carbons (Fsp3) is 0.889. The van der Waals surface area contributed by atoms with E-state index in [1.165, 1.54) is 43.4 Å². The minimum atomic E-state index is 0.131. The Morgan fingerprint density at radius 2 is 1.57 bits per heavy atom. The van der Waals surface area contributed by atoms with Crippen molar-refractivity contribution in [2.24, 2.45) is 17.8 Å². The lowest BCUT2D eigenvalue weighted by molar-refractivity contribution is -0.896. The highest BCUT2D eigenvalue weighted by atomic mass is 16.2. The maximum Gasteiger partial charge on any atom is 0.275 e. The number of nitrogens with one attached hydrogen (secondary N) is 2. The zero-order valence-electron chi connectivity index (χ0n) is 14.3. The first-order valence-electron chi connectivity index (χ1n) is 9.41. The van der Waals surface area contributed by atoms with Gasteiger partial charge in [-0.15, -0.1) is 0 Å². The molecule has 0 aromatic carbocycles. The Morgan fingerprint density at radius 1 is 1.04 bits per heavy atom. The van der Waals surface area contributed by atoms with Crippen LogP contribution in [0.2, 0.25) is 0 Å². The predicted molar refractivity (Wildman–Crippen MR) is 86.9 cm³/mol. The summed E-state index contributed by atoms with van der Waals surface area (Å²) in [6.45, 7) is 5.57. The second-order valence-corrected chi connectivity index (χ2v) is 8.68.